The number of ketones is 1. The maximum Gasteiger partial charge on any atom is 0.271 e. The molecule has 0 spiro atoms. The van der Waals surface area contributed by atoms with Gasteiger partial charge in [0.2, 0.25) is 14.9 Å². The minimum atomic E-state index is -4.17. The highest BCUT2D eigenvalue weighted by Gasteiger charge is 2.27. The standard InChI is InChI=1S/C17H17N3O6S/c1-11-4-7-14(8-5-11)27(24,25)17(12(2)21)19-18-15-10-13(20(22)23)6-9-16(15)26-3/h4-10,18H,1-3H3. The van der Waals surface area contributed by atoms with Crippen LogP contribution in [0.2, 0.25) is 0 Å². The fourth-order valence-corrected chi connectivity index (χ4v) is 3.43. The maximum atomic E-state index is 12.7. The molecule has 0 unspecified atom stereocenters. The number of rotatable bonds is 6. The van der Waals surface area contributed by atoms with Crippen LogP contribution >= 0.6 is 0 Å². The normalized spacial score (nSPS) is 11.7. The molecule has 0 fully saturated rings. The Hall–Kier alpha value is -3.27. The molecule has 142 valence electrons. The van der Waals surface area contributed by atoms with Crippen molar-refractivity contribution in [3.05, 3.63) is 58.1 Å². The number of aryl methyl sites for hydroxylation is 1. The third-order valence-electron chi connectivity index (χ3n) is 3.56. The van der Waals surface area contributed by atoms with Crippen LogP contribution in [0.3, 0.4) is 0 Å². The zero-order chi connectivity index (χ0) is 20.2. The Labute approximate surface area is 155 Å². The number of nitro benzene ring substituents is 1. The molecule has 1 N–H and O–H groups in total. The fourth-order valence-electron chi connectivity index (χ4n) is 2.16. The number of carbonyl (C=O) groups is 1. The van der Waals surface area contributed by atoms with Gasteiger partial charge in [-0.1, -0.05) is 17.7 Å². The van der Waals surface area contributed by atoms with E-state index in [1.165, 1.54) is 31.4 Å². The van der Waals surface area contributed by atoms with Gasteiger partial charge in [-0.2, -0.15) is 5.10 Å². The van der Waals surface area contributed by atoms with E-state index in [1.54, 1.807) is 19.1 Å². The number of ether oxygens (including phenoxy) is 1. The summed E-state index contributed by atoms with van der Waals surface area (Å²) in [6.07, 6.45) is 0. The second kappa shape index (κ2) is 7.96. The average Bonchev–Trinajstić information content (AvgIpc) is 2.61. The Morgan fingerprint density at radius 2 is 1.81 bits per heavy atom. The molecule has 10 heteroatoms. The highest BCUT2D eigenvalue weighted by atomic mass is 32.2. The molecule has 0 aliphatic heterocycles. The van der Waals surface area contributed by atoms with Crippen molar-refractivity contribution in [1.82, 2.24) is 0 Å². The molecular weight excluding hydrogens is 374 g/mol. The predicted molar refractivity (Wildman–Crippen MR) is 99.8 cm³/mol. The molecule has 0 heterocycles. The smallest absolute Gasteiger partial charge is 0.271 e. The molecule has 0 atom stereocenters. The van der Waals surface area contributed by atoms with E-state index in [0.717, 1.165) is 18.6 Å². The molecule has 2 aromatic rings. The summed E-state index contributed by atoms with van der Waals surface area (Å²) in [5, 5.41) is 13.9. The van der Waals surface area contributed by atoms with Crippen molar-refractivity contribution in [3.8, 4) is 5.75 Å². The van der Waals surface area contributed by atoms with Crippen molar-refractivity contribution >= 4 is 32.0 Å². The summed E-state index contributed by atoms with van der Waals surface area (Å²) < 4.78 is 30.5. The first kappa shape index (κ1) is 20.0. The van der Waals surface area contributed by atoms with Crippen molar-refractivity contribution in [3.63, 3.8) is 0 Å². The highest BCUT2D eigenvalue weighted by molar-refractivity contribution is 8.08. The summed E-state index contributed by atoms with van der Waals surface area (Å²) in [6, 6.07) is 9.62. The predicted octanol–water partition coefficient (Wildman–Crippen LogP) is 2.70. The lowest BCUT2D eigenvalue weighted by Crippen LogP contribution is -2.24. The van der Waals surface area contributed by atoms with Gasteiger partial charge in [0, 0.05) is 19.1 Å². The molecular formula is C17H17N3O6S. The van der Waals surface area contributed by atoms with Crippen LogP contribution < -0.4 is 10.2 Å². The lowest BCUT2D eigenvalue weighted by molar-refractivity contribution is -0.384. The lowest BCUT2D eigenvalue weighted by atomic mass is 10.2. The van der Waals surface area contributed by atoms with Gasteiger partial charge in [0.1, 0.15) is 11.4 Å². The molecule has 0 saturated heterocycles. The average molecular weight is 391 g/mol. The molecule has 0 amide bonds. The summed E-state index contributed by atoms with van der Waals surface area (Å²) in [7, 11) is -2.83. The Balaban J connectivity index is 2.48. The van der Waals surface area contributed by atoms with E-state index in [2.05, 4.69) is 10.5 Å². The Morgan fingerprint density at radius 3 is 2.33 bits per heavy atom. The topological polar surface area (TPSA) is 128 Å². The lowest BCUT2D eigenvalue weighted by Gasteiger charge is -2.09. The van der Waals surface area contributed by atoms with Gasteiger partial charge < -0.3 is 4.74 Å². The fraction of sp³-hybridized carbons (Fsp3) is 0.176. The third-order valence-corrected chi connectivity index (χ3v) is 5.34. The van der Waals surface area contributed by atoms with Crippen LogP contribution in [0.15, 0.2) is 52.5 Å². The summed E-state index contributed by atoms with van der Waals surface area (Å²) >= 11 is 0. The molecule has 2 rings (SSSR count). The van der Waals surface area contributed by atoms with Gasteiger partial charge in [-0.25, -0.2) is 8.42 Å². The maximum absolute atomic E-state index is 12.7. The molecule has 0 radical (unpaired) electrons. The summed E-state index contributed by atoms with van der Waals surface area (Å²) in [4.78, 5) is 22.1. The van der Waals surface area contributed by atoms with Crippen LogP contribution in [-0.2, 0) is 14.6 Å². The molecule has 2 aromatic carbocycles. The third kappa shape index (κ3) is 4.47. The summed E-state index contributed by atoms with van der Waals surface area (Å²) in [5.74, 6) is -0.590. The highest BCUT2D eigenvalue weighted by Crippen LogP contribution is 2.29. The van der Waals surface area contributed by atoms with E-state index in [1.807, 2.05) is 0 Å². The molecule has 9 nitrogen and oxygen atoms in total. The number of non-ortho nitro benzene ring substituents is 1. The number of nitrogens with zero attached hydrogens (tertiary/aromatic N) is 2. The van der Waals surface area contributed by atoms with Gasteiger partial charge in [-0.15, -0.1) is 0 Å². The number of methoxy groups -OCH3 is 1. The number of anilines is 1. The molecule has 0 saturated carbocycles. The number of hydrogen-bond donors (Lipinski definition) is 1. The van der Waals surface area contributed by atoms with Crippen LogP contribution in [0.25, 0.3) is 0 Å². The zero-order valence-corrected chi connectivity index (χ0v) is 15.6. The van der Waals surface area contributed by atoms with Crippen molar-refractivity contribution in [2.45, 2.75) is 18.7 Å². The quantitative estimate of drug-likeness (QED) is 0.347. The number of nitrogens with one attached hydrogen (secondary N) is 1. The van der Waals surface area contributed by atoms with E-state index in [0.29, 0.717) is 0 Å². The van der Waals surface area contributed by atoms with Crippen molar-refractivity contribution < 1.29 is 22.9 Å². The van der Waals surface area contributed by atoms with Crippen LogP contribution in [0.4, 0.5) is 11.4 Å². The van der Waals surface area contributed by atoms with E-state index >= 15 is 0 Å². The first-order chi connectivity index (χ1) is 12.7. The molecule has 0 aliphatic rings. The second-order valence-electron chi connectivity index (χ2n) is 5.54. The Bertz CT molecular complexity index is 1010. The van der Waals surface area contributed by atoms with Crippen LogP contribution in [0, 0.1) is 17.0 Å². The molecule has 0 aromatic heterocycles. The van der Waals surface area contributed by atoms with Gasteiger partial charge in [-0.3, -0.25) is 20.3 Å². The molecule has 0 bridgehead atoms. The van der Waals surface area contributed by atoms with E-state index in [4.69, 9.17) is 4.74 Å². The summed E-state index contributed by atoms with van der Waals surface area (Å²) in [6.45, 7) is 2.86. The van der Waals surface area contributed by atoms with Gasteiger partial charge >= 0.3 is 0 Å². The van der Waals surface area contributed by atoms with Gasteiger partial charge in [0.15, 0.2) is 5.78 Å². The van der Waals surface area contributed by atoms with Crippen LogP contribution in [0.1, 0.15) is 12.5 Å². The first-order valence-corrected chi connectivity index (χ1v) is 9.14. The molecule has 0 aliphatic carbocycles. The summed E-state index contributed by atoms with van der Waals surface area (Å²) in [5.41, 5.74) is 3.04. The Morgan fingerprint density at radius 1 is 1.19 bits per heavy atom. The number of Topliss-reactive ketones (excluding diaryl/α,β-unsaturated/α-hetero) is 1. The van der Waals surface area contributed by atoms with Crippen LogP contribution in [0.5, 0.6) is 5.75 Å². The number of nitro groups is 1. The number of sulfone groups is 1. The SMILES string of the molecule is COc1ccc([N+](=O)[O-])cc1NN=C(C(C)=O)S(=O)(=O)c1ccc(C)cc1. The molecule has 27 heavy (non-hydrogen) atoms. The number of hydrazone groups is 1. The monoisotopic (exact) mass is 391 g/mol. The second-order valence-corrected chi connectivity index (χ2v) is 7.41. The van der Waals surface area contributed by atoms with Gasteiger partial charge in [-0.05, 0) is 25.1 Å². The minimum absolute atomic E-state index is 0.0459. The number of benzene rings is 2. The van der Waals surface area contributed by atoms with Crippen molar-refractivity contribution in [1.29, 1.82) is 0 Å². The van der Waals surface area contributed by atoms with Gasteiger partial charge in [0.25, 0.3) is 5.69 Å². The van der Waals surface area contributed by atoms with E-state index in [9.17, 15) is 23.3 Å². The number of carbonyl (C=O) groups excluding carboxylic acids is 1. The first-order valence-electron chi connectivity index (χ1n) is 7.65. The van der Waals surface area contributed by atoms with Crippen molar-refractivity contribution in [2.24, 2.45) is 5.10 Å². The van der Waals surface area contributed by atoms with E-state index in [-0.39, 0.29) is 22.0 Å². The zero-order valence-electron chi connectivity index (χ0n) is 14.8. The minimum Gasteiger partial charge on any atom is -0.495 e. The Kier molecular flexibility index (Phi) is 5.91. The largest absolute Gasteiger partial charge is 0.495 e. The van der Waals surface area contributed by atoms with Crippen LogP contribution in [-0.4, -0.2) is 31.3 Å². The van der Waals surface area contributed by atoms with Gasteiger partial charge in [0.05, 0.1) is 16.9 Å². The van der Waals surface area contributed by atoms with Crippen molar-refractivity contribution in [2.75, 3.05) is 12.5 Å². The number of hydrogen-bond acceptors (Lipinski definition) is 8. The van der Waals surface area contributed by atoms with E-state index < -0.39 is 25.6 Å².